The first-order valence-corrected chi connectivity index (χ1v) is 12.3. The van der Waals surface area contributed by atoms with E-state index >= 15 is 0 Å². The molecule has 0 heterocycles. The van der Waals surface area contributed by atoms with Crippen LogP contribution in [0.2, 0.25) is 0 Å². The third-order valence-corrected chi connectivity index (χ3v) is 6.76. The predicted molar refractivity (Wildman–Crippen MR) is 125 cm³/mol. The molecule has 1 amide bonds. The fourth-order valence-corrected chi connectivity index (χ4v) is 4.27. The Morgan fingerprint density at radius 2 is 2.10 bits per heavy atom. The second kappa shape index (κ2) is 12.4. The van der Waals surface area contributed by atoms with Gasteiger partial charge in [-0.05, 0) is 65.4 Å². The Bertz CT molecular complexity index is 658. The second-order valence-electron chi connectivity index (χ2n) is 9.00. The van der Waals surface area contributed by atoms with Gasteiger partial charge in [0.15, 0.2) is 0 Å². The molecule has 0 aromatic carbocycles. The molecule has 1 saturated carbocycles. The standard InChI is InChI=1S/C24H38N2O3S/c1-5-11-19(26-30(28)24(2,3)4)12-10-17-23(27)25-20-13-9-16-22(18-20)29-21-14-7-6-8-15-21/h5,10,12-13,18-19,21,26H,1,6-9,11,14-17H2,2-4H3,(H,25,27)/b12-10-. The topological polar surface area (TPSA) is 73.4 Å². The molecule has 0 spiro atoms. The summed E-state index contributed by atoms with van der Waals surface area (Å²) in [6, 6.07) is -0.111. The van der Waals surface area contributed by atoms with E-state index in [1.807, 2.05) is 45.1 Å². The summed E-state index contributed by atoms with van der Waals surface area (Å²) in [5.74, 6) is 0.914. The van der Waals surface area contributed by atoms with Gasteiger partial charge in [-0.25, -0.2) is 0 Å². The number of hydrogen-bond acceptors (Lipinski definition) is 4. The van der Waals surface area contributed by atoms with Crippen LogP contribution in [0.5, 0.6) is 0 Å². The SMILES string of the molecule is C=CCC(/C=C\CC(=O)NC1=CCCC(OC2CCCCC2)=C1)N[S+]([O-])C(C)(C)C. The highest BCUT2D eigenvalue weighted by Crippen LogP contribution is 2.26. The van der Waals surface area contributed by atoms with E-state index in [0.29, 0.717) is 12.5 Å². The molecule has 2 aliphatic carbocycles. The zero-order chi connectivity index (χ0) is 22.0. The van der Waals surface area contributed by atoms with Crippen molar-refractivity contribution in [1.82, 2.24) is 10.0 Å². The maximum atomic E-state index is 12.4. The maximum Gasteiger partial charge on any atom is 0.228 e. The summed E-state index contributed by atoms with van der Waals surface area (Å²) in [5.41, 5.74) is 0.820. The monoisotopic (exact) mass is 434 g/mol. The molecular formula is C24H38N2O3S. The van der Waals surface area contributed by atoms with Gasteiger partial charge in [0.2, 0.25) is 5.91 Å². The van der Waals surface area contributed by atoms with Crippen LogP contribution in [0, 0.1) is 0 Å². The first-order chi connectivity index (χ1) is 14.3. The van der Waals surface area contributed by atoms with Crippen molar-refractivity contribution in [2.75, 3.05) is 0 Å². The van der Waals surface area contributed by atoms with E-state index in [1.54, 1.807) is 6.08 Å². The minimum atomic E-state index is -1.18. The molecule has 2 aliphatic rings. The van der Waals surface area contributed by atoms with Crippen LogP contribution >= 0.6 is 0 Å². The van der Waals surface area contributed by atoms with Gasteiger partial charge >= 0.3 is 0 Å². The van der Waals surface area contributed by atoms with Crippen molar-refractivity contribution in [2.45, 2.75) is 95.5 Å². The highest BCUT2D eigenvalue weighted by atomic mass is 32.2. The zero-order valence-corrected chi connectivity index (χ0v) is 19.6. The van der Waals surface area contributed by atoms with Gasteiger partial charge < -0.3 is 14.6 Å². The van der Waals surface area contributed by atoms with Crippen molar-refractivity contribution in [1.29, 1.82) is 0 Å². The van der Waals surface area contributed by atoms with Gasteiger partial charge in [-0.2, -0.15) is 0 Å². The summed E-state index contributed by atoms with van der Waals surface area (Å²) < 4.78 is 21.2. The number of rotatable bonds is 10. The predicted octanol–water partition coefficient (Wildman–Crippen LogP) is 4.96. The fraction of sp³-hybridized carbons (Fsp3) is 0.625. The van der Waals surface area contributed by atoms with Crippen LogP contribution < -0.4 is 10.0 Å². The molecule has 2 unspecified atom stereocenters. The molecule has 2 atom stereocenters. The third kappa shape index (κ3) is 9.11. The normalized spacial score (nSPS) is 20.3. The van der Waals surface area contributed by atoms with Crippen LogP contribution in [0.1, 0.15) is 78.6 Å². The van der Waals surface area contributed by atoms with Crippen molar-refractivity contribution in [2.24, 2.45) is 0 Å². The Balaban J connectivity index is 1.81. The van der Waals surface area contributed by atoms with E-state index in [2.05, 4.69) is 16.6 Å². The molecule has 1 fully saturated rings. The Hall–Kier alpha value is -1.50. The Labute approximate surface area is 185 Å². The average Bonchev–Trinajstić information content (AvgIpc) is 2.68. The molecule has 5 nitrogen and oxygen atoms in total. The lowest BCUT2D eigenvalue weighted by molar-refractivity contribution is -0.119. The van der Waals surface area contributed by atoms with Gasteiger partial charge in [0.25, 0.3) is 0 Å². The minimum absolute atomic E-state index is 0.0676. The average molecular weight is 435 g/mol. The molecule has 0 radical (unpaired) electrons. The van der Waals surface area contributed by atoms with Gasteiger partial charge in [-0.15, -0.1) is 11.3 Å². The van der Waals surface area contributed by atoms with E-state index in [9.17, 15) is 9.35 Å². The molecule has 0 saturated heterocycles. The summed E-state index contributed by atoms with van der Waals surface area (Å²) in [5, 5.41) is 2.97. The number of nitrogens with one attached hydrogen (secondary N) is 2. The van der Waals surface area contributed by atoms with Gasteiger partial charge in [-0.1, -0.05) is 30.7 Å². The second-order valence-corrected chi connectivity index (χ2v) is 11.0. The van der Waals surface area contributed by atoms with Gasteiger partial charge in [0.05, 0.1) is 17.9 Å². The molecule has 0 aromatic heterocycles. The molecule has 2 rings (SSSR count). The number of amides is 1. The summed E-state index contributed by atoms with van der Waals surface area (Å²) >= 11 is -1.18. The van der Waals surface area contributed by atoms with Crippen LogP contribution in [0.4, 0.5) is 0 Å². The molecule has 30 heavy (non-hydrogen) atoms. The number of allylic oxidation sites excluding steroid dienone is 3. The van der Waals surface area contributed by atoms with Crippen molar-refractivity contribution in [3.8, 4) is 0 Å². The fourth-order valence-electron chi connectivity index (χ4n) is 3.46. The Morgan fingerprint density at radius 3 is 2.77 bits per heavy atom. The zero-order valence-electron chi connectivity index (χ0n) is 18.7. The van der Waals surface area contributed by atoms with Crippen molar-refractivity contribution in [3.63, 3.8) is 0 Å². The third-order valence-electron chi connectivity index (χ3n) is 5.13. The van der Waals surface area contributed by atoms with Gasteiger partial charge in [0.1, 0.15) is 4.75 Å². The lowest BCUT2D eigenvalue weighted by Gasteiger charge is -2.26. The highest BCUT2D eigenvalue weighted by molar-refractivity contribution is 7.90. The largest absolute Gasteiger partial charge is 0.598 e. The van der Waals surface area contributed by atoms with Crippen LogP contribution in [0.15, 0.2) is 48.4 Å². The molecular weight excluding hydrogens is 396 g/mol. The molecule has 0 bridgehead atoms. The summed E-state index contributed by atoms with van der Waals surface area (Å²) in [6.45, 7) is 9.54. The minimum Gasteiger partial charge on any atom is -0.598 e. The van der Waals surface area contributed by atoms with Crippen LogP contribution in [0.3, 0.4) is 0 Å². The quantitative estimate of drug-likeness (QED) is 0.377. The molecule has 6 heteroatoms. The van der Waals surface area contributed by atoms with E-state index < -0.39 is 11.4 Å². The molecule has 2 N–H and O–H groups in total. The number of carbonyl (C=O) groups is 1. The van der Waals surface area contributed by atoms with Crippen molar-refractivity contribution in [3.05, 3.63) is 48.4 Å². The Morgan fingerprint density at radius 1 is 1.37 bits per heavy atom. The van der Waals surface area contributed by atoms with Crippen LogP contribution in [-0.4, -0.2) is 27.4 Å². The summed E-state index contributed by atoms with van der Waals surface area (Å²) in [6.07, 6.45) is 18.6. The van der Waals surface area contributed by atoms with E-state index in [0.717, 1.165) is 37.1 Å². The van der Waals surface area contributed by atoms with E-state index in [1.165, 1.54) is 19.3 Å². The summed E-state index contributed by atoms with van der Waals surface area (Å²) in [4.78, 5) is 12.4. The van der Waals surface area contributed by atoms with E-state index in [4.69, 9.17) is 4.74 Å². The lowest BCUT2D eigenvalue weighted by Crippen LogP contribution is -2.43. The molecule has 0 aliphatic heterocycles. The highest BCUT2D eigenvalue weighted by Gasteiger charge is 2.28. The Kier molecular flexibility index (Phi) is 10.2. The number of hydrogen-bond donors (Lipinski definition) is 2. The number of ether oxygens (including phenoxy) is 1. The molecule has 168 valence electrons. The molecule has 0 aromatic rings. The first-order valence-electron chi connectivity index (χ1n) is 11.1. The van der Waals surface area contributed by atoms with E-state index in [-0.39, 0.29) is 23.1 Å². The number of carbonyl (C=O) groups excluding carboxylic acids is 1. The lowest BCUT2D eigenvalue weighted by atomic mass is 9.97. The van der Waals surface area contributed by atoms with Crippen LogP contribution in [0.25, 0.3) is 0 Å². The van der Waals surface area contributed by atoms with Crippen molar-refractivity contribution < 1.29 is 14.1 Å². The van der Waals surface area contributed by atoms with Crippen molar-refractivity contribution >= 4 is 17.3 Å². The first kappa shape index (κ1) is 24.8. The maximum absolute atomic E-state index is 12.4. The smallest absolute Gasteiger partial charge is 0.228 e. The van der Waals surface area contributed by atoms with Gasteiger partial charge in [-0.3, -0.25) is 4.79 Å². The summed E-state index contributed by atoms with van der Waals surface area (Å²) in [7, 11) is 0. The van der Waals surface area contributed by atoms with Crippen LogP contribution in [-0.2, 0) is 20.9 Å². The van der Waals surface area contributed by atoms with Gasteiger partial charge in [0, 0.05) is 29.9 Å².